The SMILES string of the molecule is CCCN(C(=O)CC1CC2CCC1C2)c1ccc(N)cc1. The Kier molecular flexibility index (Phi) is 4.18. The third-order valence-corrected chi connectivity index (χ3v) is 5.27. The second kappa shape index (κ2) is 6.08. The van der Waals surface area contributed by atoms with E-state index in [-0.39, 0.29) is 0 Å². The number of amides is 1. The Hall–Kier alpha value is -1.51. The number of nitrogens with zero attached hydrogens (tertiary/aromatic N) is 1. The van der Waals surface area contributed by atoms with Gasteiger partial charge in [0, 0.05) is 24.3 Å². The first kappa shape index (κ1) is 14.4. The van der Waals surface area contributed by atoms with Crippen LogP contribution in [0.25, 0.3) is 0 Å². The second-order valence-corrected chi connectivity index (χ2v) is 6.78. The fraction of sp³-hybridized carbons (Fsp3) is 0.611. The molecule has 3 rings (SSSR count). The summed E-state index contributed by atoms with van der Waals surface area (Å²) in [7, 11) is 0. The Balaban J connectivity index is 1.68. The summed E-state index contributed by atoms with van der Waals surface area (Å²) in [6.07, 6.45) is 7.09. The molecule has 3 nitrogen and oxygen atoms in total. The van der Waals surface area contributed by atoms with Crippen molar-refractivity contribution < 1.29 is 4.79 Å². The molecule has 0 saturated heterocycles. The Labute approximate surface area is 127 Å². The van der Waals surface area contributed by atoms with Gasteiger partial charge in [-0.15, -0.1) is 0 Å². The van der Waals surface area contributed by atoms with Crippen molar-refractivity contribution in [2.75, 3.05) is 17.2 Å². The molecule has 0 aliphatic heterocycles. The molecule has 3 atom stereocenters. The fourth-order valence-electron chi connectivity index (χ4n) is 4.24. The molecule has 114 valence electrons. The summed E-state index contributed by atoms with van der Waals surface area (Å²) in [6, 6.07) is 7.68. The highest BCUT2D eigenvalue weighted by Crippen LogP contribution is 2.49. The third-order valence-electron chi connectivity index (χ3n) is 5.27. The van der Waals surface area contributed by atoms with Crippen molar-refractivity contribution in [1.82, 2.24) is 0 Å². The molecule has 2 N–H and O–H groups in total. The molecule has 2 aliphatic carbocycles. The number of anilines is 2. The summed E-state index contributed by atoms with van der Waals surface area (Å²) >= 11 is 0. The average Bonchev–Trinajstić information content (AvgIpc) is 3.08. The molecule has 1 aromatic rings. The molecule has 3 unspecified atom stereocenters. The van der Waals surface area contributed by atoms with Crippen molar-refractivity contribution in [3.8, 4) is 0 Å². The van der Waals surface area contributed by atoms with Gasteiger partial charge in [0.1, 0.15) is 0 Å². The molecule has 21 heavy (non-hydrogen) atoms. The molecule has 2 saturated carbocycles. The van der Waals surface area contributed by atoms with Crippen LogP contribution in [0.1, 0.15) is 45.4 Å². The lowest BCUT2D eigenvalue weighted by Gasteiger charge is -2.27. The smallest absolute Gasteiger partial charge is 0.227 e. The number of nitrogen functional groups attached to an aromatic ring is 1. The highest BCUT2D eigenvalue weighted by molar-refractivity contribution is 5.93. The van der Waals surface area contributed by atoms with Crippen LogP contribution in [0, 0.1) is 17.8 Å². The van der Waals surface area contributed by atoms with Gasteiger partial charge in [0.05, 0.1) is 0 Å². The van der Waals surface area contributed by atoms with Gasteiger partial charge in [0.25, 0.3) is 0 Å². The van der Waals surface area contributed by atoms with Crippen LogP contribution >= 0.6 is 0 Å². The third kappa shape index (κ3) is 3.07. The van der Waals surface area contributed by atoms with Crippen molar-refractivity contribution in [2.45, 2.75) is 45.4 Å². The molecule has 0 aromatic heterocycles. The Bertz CT molecular complexity index is 496. The number of fused-ring (bicyclic) bond motifs is 2. The predicted octanol–water partition coefficient (Wildman–Crippen LogP) is 3.84. The van der Waals surface area contributed by atoms with Gasteiger partial charge in [0.15, 0.2) is 0 Å². The number of carbonyl (C=O) groups excluding carboxylic acids is 1. The number of carbonyl (C=O) groups is 1. The first-order chi connectivity index (χ1) is 10.2. The Morgan fingerprint density at radius 1 is 1.24 bits per heavy atom. The summed E-state index contributed by atoms with van der Waals surface area (Å²) < 4.78 is 0. The van der Waals surface area contributed by atoms with E-state index in [1.54, 1.807) is 0 Å². The van der Waals surface area contributed by atoms with Crippen molar-refractivity contribution in [3.63, 3.8) is 0 Å². The molecule has 0 spiro atoms. The topological polar surface area (TPSA) is 46.3 Å². The molecule has 1 amide bonds. The van der Waals surface area contributed by atoms with Crippen molar-refractivity contribution >= 4 is 17.3 Å². The van der Waals surface area contributed by atoms with Crippen LogP contribution in [0.2, 0.25) is 0 Å². The highest BCUT2D eigenvalue weighted by Gasteiger charge is 2.40. The maximum Gasteiger partial charge on any atom is 0.227 e. The van der Waals surface area contributed by atoms with Crippen LogP contribution in [0.15, 0.2) is 24.3 Å². The lowest BCUT2D eigenvalue weighted by molar-refractivity contribution is -0.119. The number of hydrogen-bond acceptors (Lipinski definition) is 2. The van der Waals surface area contributed by atoms with Gasteiger partial charge in [-0.25, -0.2) is 0 Å². The van der Waals surface area contributed by atoms with Crippen LogP contribution < -0.4 is 10.6 Å². The minimum atomic E-state index is 0.291. The first-order valence-corrected chi connectivity index (χ1v) is 8.33. The summed E-state index contributed by atoms with van der Waals surface area (Å²) in [5.41, 5.74) is 7.48. The summed E-state index contributed by atoms with van der Waals surface area (Å²) in [6.45, 7) is 2.92. The van der Waals surface area contributed by atoms with Gasteiger partial charge in [-0.05, 0) is 67.7 Å². The lowest BCUT2D eigenvalue weighted by Crippen LogP contribution is -2.33. The molecule has 2 fully saturated rings. The maximum atomic E-state index is 12.7. The van der Waals surface area contributed by atoms with Crippen molar-refractivity contribution in [3.05, 3.63) is 24.3 Å². The van der Waals surface area contributed by atoms with E-state index in [9.17, 15) is 4.79 Å². The minimum Gasteiger partial charge on any atom is -0.399 e. The van der Waals surface area contributed by atoms with E-state index < -0.39 is 0 Å². The molecular weight excluding hydrogens is 260 g/mol. The van der Waals surface area contributed by atoms with Crippen LogP contribution in [0.3, 0.4) is 0 Å². The summed E-state index contributed by atoms with van der Waals surface area (Å²) in [5.74, 6) is 2.64. The van der Waals surface area contributed by atoms with Crippen molar-refractivity contribution in [2.24, 2.45) is 17.8 Å². The van der Waals surface area contributed by atoms with Gasteiger partial charge < -0.3 is 10.6 Å². The Morgan fingerprint density at radius 2 is 2.00 bits per heavy atom. The highest BCUT2D eigenvalue weighted by atomic mass is 16.2. The predicted molar refractivity (Wildman–Crippen MR) is 87.1 cm³/mol. The molecule has 2 bridgehead atoms. The van der Waals surface area contributed by atoms with E-state index >= 15 is 0 Å². The van der Waals surface area contributed by atoms with E-state index in [0.717, 1.165) is 42.6 Å². The van der Waals surface area contributed by atoms with Gasteiger partial charge in [-0.2, -0.15) is 0 Å². The van der Waals surface area contributed by atoms with Crippen LogP contribution in [-0.4, -0.2) is 12.5 Å². The monoisotopic (exact) mass is 286 g/mol. The average molecular weight is 286 g/mol. The molecular formula is C18H26N2O. The van der Waals surface area contributed by atoms with Crippen LogP contribution in [-0.2, 0) is 4.79 Å². The van der Waals surface area contributed by atoms with Gasteiger partial charge >= 0.3 is 0 Å². The zero-order valence-corrected chi connectivity index (χ0v) is 12.9. The zero-order valence-electron chi connectivity index (χ0n) is 12.9. The van der Waals surface area contributed by atoms with E-state index in [4.69, 9.17) is 5.73 Å². The Morgan fingerprint density at radius 3 is 2.57 bits per heavy atom. The maximum absolute atomic E-state index is 12.7. The number of hydrogen-bond donors (Lipinski definition) is 1. The molecule has 0 radical (unpaired) electrons. The van der Waals surface area contributed by atoms with E-state index in [1.165, 1.54) is 25.7 Å². The summed E-state index contributed by atoms with van der Waals surface area (Å²) in [4.78, 5) is 14.7. The zero-order chi connectivity index (χ0) is 14.8. The molecule has 2 aliphatic rings. The second-order valence-electron chi connectivity index (χ2n) is 6.78. The number of benzene rings is 1. The summed E-state index contributed by atoms with van der Waals surface area (Å²) in [5, 5.41) is 0. The first-order valence-electron chi connectivity index (χ1n) is 8.33. The van der Waals surface area contributed by atoms with Gasteiger partial charge in [-0.1, -0.05) is 13.3 Å². The molecule has 0 heterocycles. The number of nitrogens with two attached hydrogens (primary N) is 1. The standard InChI is InChI=1S/C18H26N2O/c1-2-9-20(17-7-5-16(19)6-8-17)18(21)12-15-11-13-3-4-14(15)10-13/h5-8,13-15H,2-4,9-12,19H2,1H3. The fourth-order valence-corrected chi connectivity index (χ4v) is 4.24. The van der Waals surface area contributed by atoms with Gasteiger partial charge in [-0.3, -0.25) is 4.79 Å². The van der Waals surface area contributed by atoms with Crippen LogP contribution in [0.5, 0.6) is 0 Å². The normalized spacial score (nSPS) is 27.0. The van der Waals surface area contributed by atoms with E-state index in [0.29, 0.717) is 11.8 Å². The largest absolute Gasteiger partial charge is 0.399 e. The van der Waals surface area contributed by atoms with Gasteiger partial charge in [0.2, 0.25) is 5.91 Å². The van der Waals surface area contributed by atoms with Crippen LogP contribution in [0.4, 0.5) is 11.4 Å². The lowest BCUT2D eigenvalue weighted by atomic mass is 9.86. The molecule has 3 heteroatoms. The molecule has 1 aromatic carbocycles. The quantitative estimate of drug-likeness (QED) is 0.836. The number of rotatable bonds is 5. The van der Waals surface area contributed by atoms with E-state index in [1.807, 2.05) is 29.2 Å². The van der Waals surface area contributed by atoms with E-state index in [2.05, 4.69) is 6.92 Å². The minimum absolute atomic E-state index is 0.291. The van der Waals surface area contributed by atoms with Crippen molar-refractivity contribution in [1.29, 1.82) is 0 Å².